The van der Waals surface area contributed by atoms with E-state index in [0.29, 0.717) is 44.9 Å². The normalized spacial score (nSPS) is 54.2. The summed E-state index contributed by atoms with van der Waals surface area (Å²) in [7, 11) is 0. The molecule has 97 heavy (non-hydrogen) atoms. The molecule has 2 saturated carbocycles. The lowest BCUT2D eigenvalue weighted by molar-refractivity contribution is -0.410. The van der Waals surface area contributed by atoms with Gasteiger partial charge in [-0.15, -0.1) is 0 Å². The summed E-state index contributed by atoms with van der Waals surface area (Å²) >= 11 is 0. The van der Waals surface area contributed by atoms with Crippen LogP contribution in [0.2, 0.25) is 0 Å². The zero-order valence-corrected chi connectivity index (χ0v) is 55.3. The minimum Gasteiger partial charge on any atom is -0.396 e. The maximum Gasteiger partial charge on any atom is 0.187 e. The summed E-state index contributed by atoms with van der Waals surface area (Å²) in [5, 5.41) is 199. The molecule has 0 aromatic heterocycles. The van der Waals surface area contributed by atoms with Crippen molar-refractivity contribution in [1.82, 2.24) is 0 Å². The first-order valence-corrected chi connectivity index (χ1v) is 34.0. The van der Waals surface area contributed by atoms with Crippen molar-refractivity contribution < 1.29 is 163 Å². The number of aliphatic hydroxyl groups excluding tert-OH is 18. The Morgan fingerprint density at radius 1 is 0.536 bits per heavy atom. The fourth-order valence-electron chi connectivity index (χ4n) is 18.3. The first-order chi connectivity index (χ1) is 45.7. The molecule has 4 aliphatic carbocycles. The van der Waals surface area contributed by atoms with Gasteiger partial charge in [-0.25, -0.2) is 0 Å². The lowest BCUT2D eigenvalue weighted by Crippen LogP contribution is -2.69. The molecule has 7 saturated heterocycles. The van der Waals surface area contributed by atoms with E-state index < -0.39 is 263 Å². The van der Waals surface area contributed by atoms with Gasteiger partial charge >= 0.3 is 0 Å². The Balaban J connectivity index is 0.819. The number of hydrogen-bond acceptors (Lipinski definition) is 33. The number of carbonyl (C=O) groups is 2. The summed E-state index contributed by atoms with van der Waals surface area (Å²) in [5.41, 5.74) is -1.55. The number of carbonyl (C=O) groups excluding carboxylic acids is 2. The number of ketones is 2. The summed E-state index contributed by atoms with van der Waals surface area (Å²) in [6.07, 6.45) is -52.4. The van der Waals surface area contributed by atoms with Crippen LogP contribution < -0.4 is 0 Å². The highest BCUT2D eigenvalue weighted by molar-refractivity contribution is 5.99. The molecule has 0 unspecified atom stereocenters. The summed E-state index contributed by atoms with van der Waals surface area (Å²) in [6, 6.07) is 0. The Morgan fingerprint density at radius 3 is 1.68 bits per heavy atom. The van der Waals surface area contributed by atoms with E-state index in [2.05, 4.69) is 27.7 Å². The summed E-state index contributed by atoms with van der Waals surface area (Å²) in [6.45, 7) is 8.77. The first kappa shape index (κ1) is 76.0. The third kappa shape index (κ3) is 12.8. The van der Waals surface area contributed by atoms with Crippen molar-refractivity contribution in [3.8, 4) is 0 Å². The number of fused-ring (bicyclic) bond motifs is 5. The fraction of sp³-hybridized carbons (Fsp3) is 0.938. The third-order valence-corrected chi connectivity index (χ3v) is 24.5. The van der Waals surface area contributed by atoms with Crippen LogP contribution in [0.5, 0.6) is 0 Å². The standard InChI is InChI=1S/C64H102O33/c1-8-26(69)29-15-23(2)64(97-29)14-13-62(6)36-25(9-12-63(62,64)7)60(4)11-10-35(61(5,22-68)34(60)16-27(36)70)92-55-47(82)45(80)40(75)33(91-55)21-86-58-52(38(73)28(71)20-85-58)95-59-53(96-54-46(81)43(78)37(72)24(3)87-54)51(42(77)32(19-67)90-59)94-57-49(84)50(41(76)31(18-66)89-57)93-56-48(83)44(79)39(74)30(17-65)88-56/h23-24,28-35,37-59,65-68,71-84H,8-22H2,1-7H3/t23-,24+,28+,29+,30-,31-,32-,33-,34-,35+,37+,38+,39+,40-,41-,42-,43-,44+,45+,46-,47-,48-,49-,50+,51+,52-,53-,54+,55+,56+,57+,58+,59+,60-,61-,62+,63+,64+/m1/s1. The summed E-state index contributed by atoms with van der Waals surface area (Å²) in [4.78, 5) is 28.2. The van der Waals surface area contributed by atoms with E-state index in [0.717, 1.165) is 11.1 Å². The maximum atomic E-state index is 15.1. The molecule has 38 atom stereocenters. The molecular formula is C64H102O33. The van der Waals surface area contributed by atoms with E-state index in [1.54, 1.807) is 0 Å². The molecule has 33 heteroatoms. The van der Waals surface area contributed by atoms with E-state index in [1.807, 2.05) is 13.8 Å². The van der Waals surface area contributed by atoms with Gasteiger partial charge in [-0.2, -0.15) is 0 Å². The molecule has 0 aromatic rings. The van der Waals surface area contributed by atoms with Gasteiger partial charge in [0.05, 0.1) is 57.5 Å². The van der Waals surface area contributed by atoms with Gasteiger partial charge in [-0.05, 0) is 69.1 Å². The van der Waals surface area contributed by atoms with Crippen LogP contribution in [0.3, 0.4) is 0 Å². The SMILES string of the molecule is CCC(=O)[C@@H]1C[C@@H](C)[C@]2(CC[C@@]3(C)C4=C(CC[C@@]32C)[C@@]2(C)CC[C@H](O[C@@H]3O[C@H](CO[C@@H]5OC[C@H](O)[C@H](O)[C@H]5O[C@@H]5O[C@H](CO)[C@@H](O)[C@H](O[C@@H]6O[C@H](CO)[C@@H](O)[C@H](O[C@@H]7O[C@H](CO)[C@H](O)[C@H](O)[C@H]7O)[C@H]6O)[C@H]5O[C@@H]5O[C@@H](C)[C@H](O)[C@@H](O)[C@H]5O)[C@@H](O)[C@H](O)[C@H]3O)[C@](C)(CO)[C@@H]2CC4=O)O1. The van der Waals surface area contributed by atoms with E-state index in [4.69, 9.17) is 61.6 Å². The van der Waals surface area contributed by atoms with Crippen molar-refractivity contribution in [2.45, 2.75) is 302 Å². The average molecular weight is 1400 g/mol. The minimum atomic E-state index is -2.25. The minimum absolute atomic E-state index is 0.0415. The molecule has 556 valence electrons. The lowest BCUT2D eigenvalue weighted by Gasteiger charge is -2.63. The molecule has 11 rings (SSSR count). The average Bonchev–Trinajstić information content (AvgIpc) is 1.57. The van der Waals surface area contributed by atoms with Crippen molar-refractivity contribution in [2.24, 2.45) is 33.5 Å². The van der Waals surface area contributed by atoms with Crippen molar-refractivity contribution >= 4 is 11.6 Å². The van der Waals surface area contributed by atoms with E-state index in [1.165, 1.54) is 6.92 Å². The summed E-state index contributed by atoms with van der Waals surface area (Å²) < 4.78 is 79.0. The van der Waals surface area contributed by atoms with Gasteiger partial charge < -0.3 is 153 Å². The molecule has 0 aromatic carbocycles. The van der Waals surface area contributed by atoms with Gasteiger partial charge in [0.25, 0.3) is 0 Å². The molecular weight excluding hydrogens is 1300 g/mol. The number of Topliss-reactive ketones (excluding diaryl/α,β-unsaturated/α-hetero) is 2. The molecule has 11 aliphatic rings. The van der Waals surface area contributed by atoms with Crippen molar-refractivity contribution in [3.05, 3.63) is 11.1 Å². The van der Waals surface area contributed by atoms with Crippen LogP contribution in [0.1, 0.15) is 106 Å². The molecule has 18 N–H and O–H groups in total. The predicted octanol–water partition coefficient (Wildman–Crippen LogP) is -6.61. The van der Waals surface area contributed by atoms with Gasteiger partial charge in [0.2, 0.25) is 0 Å². The van der Waals surface area contributed by atoms with Crippen LogP contribution in [-0.4, -0.2) is 339 Å². The summed E-state index contributed by atoms with van der Waals surface area (Å²) in [5.74, 6) is -0.373. The molecule has 1 spiro atoms. The highest BCUT2D eigenvalue weighted by Crippen LogP contribution is 2.75. The number of allylic oxidation sites excluding steroid dienone is 2. The molecule has 0 radical (unpaired) electrons. The van der Waals surface area contributed by atoms with E-state index in [9.17, 15) is 96.7 Å². The van der Waals surface area contributed by atoms with Gasteiger partial charge in [-0.1, -0.05) is 47.1 Å². The number of hydrogen-bond donors (Lipinski definition) is 18. The van der Waals surface area contributed by atoms with Gasteiger partial charge in [0.1, 0.15) is 140 Å². The van der Waals surface area contributed by atoms with E-state index in [-0.39, 0.29) is 30.3 Å². The predicted molar refractivity (Wildman–Crippen MR) is 318 cm³/mol. The van der Waals surface area contributed by atoms with Crippen molar-refractivity contribution in [3.63, 3.8) is 0 Å². The third-order valence-electron chi connectivity index (χ3n) is 24.5. The highest BCUT2D eigenvalue weighted by Gasteiger charge is 2.73. The Morgan fingerprint density at radius 2 is 1.06 bits per heavy atom. The van der Waals surface area contributed by atoms with Crippen molar-refractivity contribution in [1.29, 1.82) is 0 Å². The number of ether oxygens (including phenoxy) is 13. The Kier molecular flexibility index (Phi) is 22.8. The largest absolute Gasteiger partial charge is 0.396 e. The van der Waals surface area contributed by atoms with Crippen LogP contribution in [0, 0.1) is 33.5 Å². The molecule has 9 fully saturated rings. The quantitative estimate of drug-likeness (QED) is 0.0572. The van der Waals surface area contributed by atoms with Crippen molar-refractivity contribution in [2.75, 3.05) is 39.6 Å². The Bertz CT molecular complexity index is 2770. The van der Waals surface area contributed by atoms with Crippen LogP contribution in [0.25, 0.3) is 0 Å². The second kappa shape index (κ2) is 29.1. The number of rotatable bonds is 19. The molecule has 7 heterocycles. The Hall–Kier alpha value is -2.16. The highest BCUT2D eigenvalue weighted by atomic mass is 16.8. The smallest absolute Gasteiger partial charge is 0.187 e. The zero-order valence-electron chi connectivity index (χ0n) is 55.3. The zero-order chi connectivity index (χ0) is 70.7. The van der Waals surface area contributed by atoms with Gasteiger partial charge in [-0.3, -0.25) is 9.59 Å². The second-order valence-corrected chi connectivity index (χ2v) is 29.7. The maximum absolute atomic E-state index is 15.1. The fourth-order valence-corrected chi connectivity index (χ4v) is 18.3. The molecule has 0 amide bonds. The second-order valence-electron chi connectivity index (χ2n) is 29.7. The molecule has 7 aliphatic heterocycles. The van der Waals surface area contributed by atoms with Crippen LogP contribution in [0.4, 0.5) is 0 Å². The van der Waals surface area contributed by atoms with Crippen LogP contribution in [0.15, 0.2) is 11.1 Å². The molecule has 0 bridgehead atoms. The van der Waals surface area contributed by atoms with E-state index >= 15 is 4.79 Å². The Labute approximate surface area is 559 Å². The lowest BCUT2D eigenvalue weighted by atomic mass is 9.42. The van der Waals surface area contributed by atoms with Crippen LogP contribution in [-0.2, 0) is 71.2 Å². The molecule has 33 nitrogen and oxygen atoms in total. The monoisotopic (exact) mass is 1400 g/mol. The number of aliphatic hydroxyl groups is 18. The van der Waals surface area contributed by atoms with Gasteiger partial charge in [0, 0.05) is 34.7 Å². The van der Waals surface area contributed by atoms with Crippen LogP contribution >= 0.6 is 0 Å². The van der Waals surface area contributed by atoms with Gasteiger partial charge in [0.15, 0.2) is 49.3 Å². The first-order valence-electron chi connectivity index (χ1n) is 34.0. The topological polar surface area (TPSA) is 518 Å².